The molecule has 1 atom stereocenters. The monoisotopic (exact) mass is 248 g/mol. The second-order valence-corrected chi connectivity index (χ2v) is 6.29. The Morgan fingerprint density at radius 1 is 1.62 bits per heavy atom. The molecule has 7 heteroatoms. The van der Waals surface area contributed by atoms with Crippen molar-refractivity contribution >= 4 is 16.0 Å². The van der Waals surface area contributed by atoms with Gasteiger partial charge < -0.3 is 10.6 Å². The number of guanidine groups is 1. The van der Waals surface area contributed by atoms with Crippen molar-refractivity contribution in [1.29, 1.82) is 0 Å². The summed E-state index contributed by atoms with van der Waals surface area (Å²) in [6.07, 6.45) is 1.16. The molecule has 2 N–H and O–H groups in total. The van der Waals surface area contributed by atoms with Crippen LogP contribution in [0.3, 0.4) is 0 Å². The second-order valence-electron chi connectivity index (χ2n) is 4.28. The highest BCUT2D eigenvalue weighted by Gasteiger charge is 2.23. The number of hydrogen-bond donors (Lipinski definition) is 2. The predicted octanol–water partition coefficient (Wildman–Crippen LogP) is -0.796. The first-order valence-corrected chi connectivity index (χ1v) is 7.14. The van der Waals surface area contributed by atoms with Crippen LogP contribution in [-0.4, -0.2) is 57.2 Å². The highest BCUT2D eigenvalue weighted by atomic mass is 32.2. The lowest BCUT2D eigenvalue weighted by Crippen LogP contribution is -2.39. The number of sulfonamides is 1. The van der Waals surface area contributed by atoms with Gasteiger partial charge >= 0.3 is 0 Å². The van der Waals surface area contributed by atoms with Crippen molar-refractivity contribution in [3.63, 3.8) is 0 Å². The standard InChI is InChI=1S/C9H20N4O2S/c1-7(2)10-5-8-6-11-9(12-8)13(3)16(4,14)15/h7-8,10H,5-6H2,1-4H3,(H,11,12). The maximum absolute atomic E-state index is 11.3. The van der Waals surface area contributed by atoms with E-state index in [1.165, 1.54) is 11.4 Å². The molecule has 0 aliphatic carbocycles. The van der Waals surface area contributed by atoms with E-state index >= 15 is 0 Å². The fourth-order valence-electron chi connectivity index (χ4n) is 1.31. The number of rotatable bonds is 4. The lowest BCUT2D eigenvalue weighted by molar-refractivity contribution is 0.535. The smallest absolute Gasteiger partial charge is 0.234 e. The molecule has 1 rings (SSSR count). The summed E-state index contributed by atoms with van der Waals surface area (Å²) in [6.45, 7) is 5.56. The van der Waals surface area contributed by atoms with Crippen LogP contribution in [0, 0.1) is 0 Å². The van der Waals surface area contributed by atoms with Crippen LogP contribution in [0.1, 0.15) is 13.8 Å². The Balaban J connectivity index is 2.56. The molecule has 0 radical (unpaired) electrons. The van der Waals surface area contributed by atoms with Gasteiger partial charge in [-0.1, -0.05) is 13.8 Å². The molecule has 1 unspecified atom stereocenters. The Kier molecular flexibility index (Phi) is 4.15. The first-order chi connectivity index (χ1) is 7.30. The van der Waals surface area contributed by atoms with E-state index in [2.05, 4.69) is 29.5 Å². The third-order valence-electron chi connectivity index (χ3n) is 2.36. The third kappa shape index (κ3) is 3.64. The molecule has 0 spiro atoms. The largest absolute Gasteiger partial charge is 0.353 e. The van der Waals surface area contributed by atoms with Gasteiger partial charge in [-0.15, -0.1) is 0 Å². The molecule has 0 bridgehead atoms. The molecule has 1 aliphatic rings. The average Bonchev–Trinajstić information content (AvgIpc) is 2.60. The van der Waals surface area contributed by atoms with Crippen molar-refractivity contribution in [2.75, 3.05) is 26.4 Å². The lowest BCUT2D eigenvalue weighted by atomic mass is 10.3. The van der Waals surface area contributed by atoms with Gasteiger partial charge in [0.1, 0.15) is 0 Å². The first-order valence-electron chi connectivity index (χ1n) is 5.29. The first kappa shape index (κ1) is 13.2. The summed E-state index contributed by atoms with van der Waals surface area (Å²) in [5.41, 5.74) is 0. The summed E-state index contributed by atoms with van der Waals surface area (Å²) in [5.74, 6) is 0.429. The summed E-state index contributed by atoms with van der Waals surface area (Å²) in [7, 11) is -1.72. The number of hydrogen-bond acceptors (Lipinski definition) is 5. The van der Waals surface area contributed by atoms with Crippen LogP contribution >= 0.6 is 0 Å². The lowest BCUT2D eigenvalue weighted by Gasteiger charge is -2.15. The third-order valence-corrected chi connectivity index (χ3v) is 3.53. The molecular formula is C9H20N4O2S. The zero-order valence-corrected chi connectivity index (χ0v) is 11.0. The fourth-order valence-corrected chi connectivity index (χ4v) is 1.74. The minimum Gasteiger partial charge on any atom is -0.353 e. The quantitative estimate of drug-likeness (QED) is 0.683. The van der Waals surface area contributed by atoms with Crippen LogP contribution in [0.15, 0.2) is 4.99 Å². The van der Waals surface area contributed by atoms with Crippen LogP contribution in [-0.2, 0) is 10.0 Å². The minimum absolute atomic E-state index is 0.0987. The Morgan fingerprint density at radius 3 is 2.75 bits per heavy atom. The van der Waals surface area contributed by atoms with Crippen LogP contribution in [0.2, 0.25) is 0 Å². The molecule has 6 nitrogen and oxygen atoms in total. The van der Waals surface area contributed by atoms with E-state index in [0.29, 0.717) is 18.5 Å². The average molecular weight is 248 g/mol. The number of nitrogens with zero attached hydrogens (tertiary/aromatic N) is 2. The summed E-state index contributed by atoms with van der Waals surface area (Å²) in [5, 5.41) is 6.26. The van der Waals surface area contributed by atoms with Gasteiger partial charge in [0.25, 0.3) is 0 Å². The Labute approximate surface area is 97.2 Å². The highest BCUT2D eigenvalue weighted by Crippen LogP contribution is 2.03. The summed E-state index contributed by atoms with van der Waals surface area (Å²) >= 11 is 0. The van der Waals surface area contributed by atoms with E-state index in [0.717, 1.165) is 12.8 Å². The van der Waals surface area contributed by atoms with Gasteiger partial charge in [0.2, 0.25) is 16.0 Å². The van der Waals surface area contributed by atoms with Crippen LogP contribution in [0.5, 0.6) is 0 Å². The Hall–Kier alpha value is -0.820. The Bertz CT molecular complexity index is 364. The van der Waals surface area contributed by atoms with E-state index < -0.39 is 10.0 Å². The van der Waals surface area contributed by atoms with Crippen molar-refractivity contribution in [3.05, 3.63) is 0 Å². The van der Waals surface area contributed by atoms with Gasteiger partial charge in [-0.3, -0.25) is 0 Å². The topological polar surface area (TPSA) is 73.8 Å². The van der Waals surface area contributed by atoms with Gasteiger partial charge in [0.15, 0.2) is 0 Å². The molecule has 0 aromatic heterocycles. The predicted molar refractivity (Wildman–Crippen MR) is 65.0 cm³/mol. The second kappa shape index (κ2) is 5.01. The van der Waals surface area contributed by atoms with E-state index in [9.17, 15) is 8.42 Å². The van der Waals surface area contributed by atoms with Crippen molar-refractivity contribution < 1.29 is 8.42 Å². The van der Waals surface area contributed by atoms with Crippen molar-refractivity contribution in [2.24, 2.45) is 4.99 Å². The van der Waals surface area contributed by atoms with Crippen molar-refractivity contribution in [1.82, 2.24) is 14.9 Å². The molecule has 0 aromatic carbocycles. The molecule has 0 aromatic rings. The maximum Gasteiger partial charge on any atom is 0.234 e. The van der Waals surface area contributed by atoms with Gasteiger partial charge in [0, 0.05) is 26.2 Å². The highest BCUT2D eigenvalue weighted by molar-refractivity contribution is 7.88. The van der Waals surface area contributed by atoms with Crippen molar-refractivity contribution in [3.8, 4) is 0 Å². The Morgan fingerprint density at radius 2 is 2.25 bits per heavy atom. The van der Waals surface area contributed by atoms with Gasteiger partial charge in [-0.25, -0.2) is 17.7 Å². The molecule has 0 saturated carbocycles. The van der Waals surface area contributed by atoms with E-state index in [4.69, 9.17) is 0 Å². The molecule has 16 heavy (non-hydrogen) atoms. The number of aliphatic imine (C=N–C) groups is 1. The van der Waals surface area contributed by atoms with Gasteiger partial charge in [-0.05, 0) is 0 Å². The van der Waals surface area contributed by atoms with E-state index in [-0.39, 0.29) is 6.04 Å². The molecule has 1 heterocycles. The van der Waals surface area contributed by atoms with Crippen molar-refractivity contribution in [2.45, 2.75) is 25.9 Å². The molecule has 94 valence electrons. The molecule has 1 aliphatic heterocycles. The zero-order valence-electron chi connectivity index (χ0n) is 10.2. The van der Waals surface area contributed by atoms with Crippen LogP contribution < -0.4 is 10.6 Å². The van der Waals surface area contributed by atoms with Crippen LogP contribution in [0.4, 0.5) is 0 Å². The molecule has 0 fully saturated rings. The minimum atomic E-state index is -3.22. The summed E-state index contributed by atoms with van der Waals surface area (Å²) in [6, 6.07) is 0.508. The maximum atomic E-state index is 11.3. The molecule has 0 amide bonds. The normalized spacial score (nSPS) is 20.8. The molecular weight excluding hydrogens is 228 g/mol. The molecule has 0 saturated heterocycles. The SMILES string of the molecule is CC(C)NCC1CNC(N(C)S(C)(=O)=O)=N1. The summed E-state index contributed by atoms with van der Waals surface area (Å²) in [4.78, 5) is 4.32. The van der Waals surface area contributed by atoms with E-state index in [1.54, 1.807) is 0 Å². The zero-order chi connectivity index (χ0) is 12.3. The van der Waals surface area contributed by atoms with Gasteiger partial charge in [-0.2, -0.15) is 0 Å². The van der Waals surface area contributed by atoms with E-state index in [1.807, 2.05) is 0 Å². The number of nitrogens with one attached hydrogen (secondary N) is 2. The van der Waals surface area contributed by atoms with Gasteiger partial charge in [0.05, 0.1) is 12.3 Å². The summed E-state index contributed by atoms with van der Waals surface area (Å²) < 4.78 is 23.7. The van der Waals surface area contributed by atoms with Crippen LogP contribution in [0.25, 0.3) is 0 Å². The fraction of sp³-hybridized carbons (Fsp3) is 0.889.